The van der Waals surface area contributed by atoms with E-state index in [2.05, 4.69) is 22.6 Å². The van der Waals surface area contributed by atoms with E-state index in [1.54, 1.807) is 29.5 Å². The molecule has 23 heavy (non-hydrogen) atoms. The van der Waals surface area contributed by atoms with Crippen LogP contribution in [0, 0.1) is 0 Å². The molecule has 2 aromatic rings. The number of halogens is 2. The van der Waals surface area contributed by atoms with Crippen molar-refractivity contribution in [3.05, 3.63) is 49.8 Å². The molecule has 120 valence electrons. The van der Waals surface area contributed by atoms with E-state index in [1.165, 1.54) is 10.4 Å². The molecule has 1 atom stereocenters. The molecular weight excluding hydrogens is 353 g/mol. The minimum absolute atomic E-state index is 0.0539. The van der Waals surface area contributed by atoms with Gasteiger partial charge in [-0.1, -0.05) is 29.3 Å². The van der Waals surface area contributed by atoms with Crippen molar-refractivity contribution >= 4 is 45.4 Å². The fourth-order valence-electron chi connectivity index (χ4n) is 3.17. The summed E-state index contributed by atoms with van der Waals surface area (Å²) in [5.41, 5.74) is 2.67. The molecule has 0 fully saturated rings. The van der Waals surface area contributed by atoms with Gasteiger partial charge in [0.25, 0.3) is 5.91 Å². The molecule has 7 heteroatoms. The highest BCUT2D eigenvalue weighted by Crippen LogP contribution is 2.42. The number of carbonyl (C=O) groups is 1. The molecule has 0 saturated carbocycles. The lowest BCUT2D eigenvalue weighted by Gasteiger charge is -2.28. The van der Waals surface area contributed by atoms with Gasteiger partial charge in [0, 0.05) is 33.6 Å². The van der Waals surface area contributed by atoms with Gasteiger partial charge < -0.3 is 15.5 Å². The summed E-state index contributed by atoms with van der Waals surface area (Å²) >= 11 is 14.2. The lowest BCUT2D eigenvalue weighted by molar-refractivity contribution is 0.0935. The van der Waals surface area contributed by atoms with Crippen LogP contribution in [-0.4, -0.2) is 24.4 Å². The quantitative estimate of drug-likeness (QED) is 0.803. The number of fused-ring (bicyclic) bond motifs is 3. The van der Waals surface area contributed by atoms with Gasteiger partial charge in [0.2, 0.25) is 0 Å². The smallest absolute Gasteiger partial charge is 0.256 e. The van der Waals surface area contributed by atoms with Crippen LogP contribution in [0.5, 0.6) is 0 Å². The van der Waals surface area contributed by atoms with Crippen LogP contribution in [0.25, 0.3) is 0 Å². The van der Waals surface area contributed by atoms with Gasteiger partial charge in [-0.25, -0.2) is 0 Å². The maximum Gasteiger partial charge on any atom is 0.256 e. The fraction of sp³-hybridized carbons (Fsp3) is 0.312. The van der Waals surface area contributed by atoms with Crippen LogP contribution in [0.4, 0.5) is 5.00 Å². The molecule has 0 unspecified atom stereocenters. The number of anilines is 1. The first-order chi connectivity index (χ1) is 11.0. The Kier molecular flexibility index (Phi) is 3.76. The van der Waals surface area contributed by atoms with Gasteiger partial charge in [-0.15, -0.1) is 11.3 Å². The highest BCUT2D eigenvalue weighted by molar-refractivity contribution is 7.16. The molecule has 0 saturated heterocycles. The number of nitrogens with zero attached hydrogens (tertiary/aromatic N) is 1. The SMILES string of the molecule is CN1CCc2c(sc3c2C(=O)N[C@@H](c2c(Cl)cccc2Cl)N3)C1. The summed E-state index contributed by atoms with van der Waals surface area (Å²) in [7, 11) is 2.10. The Morgan fingerprint density at radius 3 is 2.74 bits per heavy atom. The molecule has 2 aliphatic rings. The molecule has 1 amide bonds. The van der Waals surface area contributed by atoms with E-state index in [4.69, 9.17) is 23.2 Å². The van der Waals surface area contributed by atoms with E-state index in [1.807, 2.05) is 0 Å². The van der Waals surface area contributed by atoms with Crippen molar-refractivity contribution in [1.82, 2.24) is 10.2 Å². The van der Waals surface area contributed by atoms with Crippen molar-refractivity contribution in [3.63, 3.8) is 0 Å². The molecule has 0 spiro atoms. The standard InChI is InChI=1S/C16H15Cl2N3OS/c1-21-6-5-8-11(7-21)23-16-12(8)15(22)19-14(20-16)13-9(17)3-2-4-10(13)18/h2-4,14,20H,5-7H2,1H3,(H,19,22)/t14-/m1/s1. The fourth-order valence-corrected chi connectivity index (χ4v) is 5.14. The number of rotatable bonds is 1. The lowest BCUT2D eigenvalue weighted by atomic mass is 10.0. The van der Waals surface area contributed by atoms with E-state index in [0.29, 0.717) is 15.6 Å². The molecule has 1 aromatic carbocycles. The number of carbonyl (C=O) groups excluding carboxylic acids is 1. The molecule has 1 aromatic heterocycles. The Hall–Kier alpha value is -1.27. The monoisotopic (exact) mass is 367 g/mol. The summed E-state index contributed by atoms with van der Waals surface area (Å²) in [5.74, 6) is -0.0539. The third-order valence-corrected chi connectivity index (χ3v) is 6.12. The van der Waals surface area contributed by atoms with E-state index in [9.17, 15) is 4.79 Å². The van der Waals surface area contributed by atoms with Crippen LogP contribution in [0.3, 0.4) is 0 Å². The second-order valence-electron chi connectivity index (χ2n) is 5.88. The number of hydrogen-bond donors (Lipinski definition) is 2. The lowest BCUT2D eigenvalue weighted by Crippen LogP contribution is -2.39. The molecular formula is C16H15Cl2N3OS. The zero-order valence-electron chi connectivity index (χ0n) is 12.5. The summed E-state index contributed by atoms with van der Waals surface area (Å²) in [6, 6.07) is 5.35. The Labute approximate surface area is 148 Å². The largest absolute Gasteiger partial charge is 0.353 e. The molecule has 2 N–H and O–H groups in total. The van der Waals surface area contributed by atoms with E-state index < -0.39 is 6.17 Å². The molecule has 2 aliphatic heterocycles. The molecule has 3 heterocycles. The predicted octanol–water partition coefficient (Wildman–Crippen LogP) is 3.90. The topological polar surface area (TPSA) is 44.4 Å². The van der Waals surface area contributed by atoms with Gasteiger partial charge >= 0.3 is 0 Å². The molecule has 0 bridgehead atoms. The van der Waals surface area contributed by atoms with Crippen LogP contribution >= 0.6 is 34.5 Å². The van der Waals surface area contributed by atoms with Crippen molar-refractivity contribution in [3.8, 4) is 0 Å². The van der Waals surface area contributed by atoms with Crippen LogP contribution in [-0.2, 0) is 13.0 Å². The molecule has 4 nitrogen and oxygen atoms in total. The Morgan fingerprint density at radius 1 is 1.26 bits per heavy atom. The Morgan fingerprint density at radius 2 is 2.00 bits per heavy atom. The second-order valence-corrected chi connectivity index (χ2v) is 7.80. The first kappa shape index (κ1) is 15.3. The van der Waals surface area contributed by atoms with Crippen molar-refractivity contribution in [1.29, 1.82) is 0 Å². The summed E-state index contributed by atoms with van der Waals surface area (Å²) in [6.45, 7) is 1.86. The van der Waals surface area contributed by atoms with Gasteiger partial charge in [0.1, 0.15) is 11.2 Å². The second kappa shape index (κ2) is 5.67. The summed E-state index contributed by atoms with van der Waals surface area (Å²) in [4.78, 5) is 16.2. The summed E-state index contributed by atoms with van der Waals surface area (Å²) in [6.07, 6.45) is 0.499. The van der Waals surface area contributed by atoms with E-state index >= 15 is 0 Å². The summed E-state index contributed by atoms with van der Waals surface area (Å²) < 4.78 is 0. The first-order valence-corrected chi connectivity index (χ1v) is 8.96. The number of likely N-dealkylation sites (N-methyl/N-ethyl adjacent to an activating group) is 1. The molecule has 4 rings (SSSR count). The first-order valence-electron chi connectivity index (χ1n) is 7.39. The highest BCUT2D eigenvalue weighted by Gasteiger charge is 2.34. The normalized spacial score (nSPS) is 20.5. The van der Waals surface area contributed by atoms with Crippen LogP contribution in [0.2, 0.25) is 10.0 Å². The van der Waals surface area contributed by atoms with Crippen LogP contribution in [0.15, 0.2) is 18.2 Å². The van der Waals surface area contributed by atoms with Crippen LogP contribution in [0.1, 0.15) is 32.5 Å². The Bertz CT molecular complexity index is 785. The maximum absolute atomic E-state index is 12.7. The van der Waals surface area contributed by atoms with Crippen molar-refractivity contribution in [2.45, 2.75) is 19.1 Å². The van der Waals surface area contributed by atoms with Gasteiger partial charge in [0.05, 0.1) is 5.56 Å². The molecule has 0 radical (unpaired) electrons. The number of nitrogens with one attached hydrogen (secondary N) is 2. The van der Waals surface area contributed by atoms with Gasteiger partial charge in [0.15, 0.2) is 0 Å². The van der Waals surface area contributed by atoms with E-state index in [-0.39, 0.29) is 5.91 Å². The minimum atomic E-state index is -0.408. The van der Waals surface area contributed by atoms with E-state index in [0.717, 1.165) is 30.1 Å². The zero-order chi connectivity index (χ0) is 16.1. The van der Waals surface area contributed by atoms with Crippen molar-refractivity contribution < 1.29 is 4.79 Å². The average molecular weight is 368 g/mol. The summed E-state index contributed by atoms with van der Waals surface area (Å²) in [5, 5.41) is 8.38. The van der Waals surface area contributed by atoms with Crippen molar-refractivity contribution in [2.75, 3.05) is 18.9 Å². The van der Waals surface area contributed by atoms with Crippen LogP contribution < -0.4 is 10.6 Å². The number of benzene rings is 1. The van der Waals surface area contributed by atoms with Gasteiger partial charge in [-0.05, 0) is 31.2 Å². The Balaban J connectivity index is 1.75. The third kappa shape index (κ3) is 2.52. The number of hydrogen-bond acceptors (Lipinski definition) is 4. The van der Waals surface area contributed by atoms with Crippen molar-refractivity contribution in [2.24, 2.45) is 0 Å². The number of amides is 1. The van der Waals surface area contributed by atoms with Gasteiger partial charge in [-0.2, -0.15) is 0 Å². The average Bonchev–Trinajstić information content (AvgIpc) is 2.84. The predicted molar refractivity (Wildman–Crippen MR) is 94.6 cm³/mol. The highest BCUT2D eigenvalue weighted by atomic mass is 35.5. The number of thiophene rings is 1. The maximum atomic E-state index is 12.7. The zero-order valence-corrected chi connectivity index (χ0v) is 14.8. The van der Waals surface area contributed by atoms with Gasteiger partial charge in [-0.3, -0.25) is 4.79 Å². The third-order valence-electron chi connectivity index (χ3n) is 4.31. The minimum Gasteiger partial charge on any atom is -0.353 e. The molecule has 0 aliphatic carbocycles.